The average Bonchev–Trinajstić information content (AvgIpc) is 3.14. The molecule has 0 spiro atoms. The number of anilines is 1. The van der Waals surface area contributed by atoms with E-state index in [-0.39, 0.29) is 5.91 Å². The Morgan fingerprint density at radius 1 is 1.06 bits per heavy atom. The fourth-order valence-corrected chi connectivity index (χ4v) is 4.78. The van der Waals surface area contributed by atoms with E-state index in [9.17, 15) is 4.79 Å². The van der Waals surface area contributed by atoms with E-state index in [0.29, 0.717) is 6.42 Å². The number of amides is 1. The van der Waals surface area contributed by atoms with Crippen molar-refractivity contribution in [1.29, 1.82) is 0 Å². The van der Waals surface area contributed by atoms with E-state index in [4.69, 9.17) is 0 Å². The third-order valence-electron chi connectivity index (χ3n) is 6.41. The van der Waals surface area contributed by atoms with Gasteiger partial charge in [-0.15, -0.1) is 0 Å². The summed E-state index contributed by atoms with van der Waals surface area (Å²) in [6, 6.07) is 16.2. The summed E-state index contributed by atoms with van der Waals surface area (Å²) in [5.74, 6) is -0.0141. The van der Waals surface area contributed by atoms with Gasteiger partial charge in [-0.1, -0.05) is 24.6 Å². The van der Waals surface area contributed by atoms with E-state index in [1.807, 2.05) is 54.9 Å². The summed E-state index contributed by atoms with van der Waals surface area (Å²) < 4.78 is 1.92. The second kappa shape index (κ2) is 8.06. The summed E-state index contributed by atoms with van der Waals surface area (Å²) in [5.41, 5.74) is 8.71. The largest absolute Gasteiger partial charge is 0.358 e. The Morgan fingerprint density at radius 2 is 1.87 bits per heavy atom. The molecule has 4 aromatic rings. The van der Waals surface area contributed by atoms with Crippen molar-refractivity contribution < 1.29 is 4.79 Å². The van der Waals surface area contributed by atoms with Gasteiger partial charge in [0.1, 0.15) is 0 Å². The molecule has 5 nitrogen and oxygen atoms in total. The number of hydrogen-bond acceptors (Lipinski definition) is 2. The highest BCUT2D eigenvalue weighted by molar-refractivity contribution is 5.96. The molecule has 1 aliphatic carbocycles. The van der Waals surface area contributed by atoms with Crippen LogP contribution in [0.1, 0.15) is 47.5 Å². The highest BCUT2D eigenvalue weighted by Gasteiger charge is 2.18. The van der Waals surface area contributed by atoms with Crippen molar-refractivity contribution in [3.05, 3.63) is 76.7 Å². The van der Waals surface area contributed by atoms with E-state index in [1.165, 1.54) is 41.4 Å². The first-order chi connectivity index (χ1) is 15.1. The number of carbonyl (C=O) groups is 1. The minimum absolute atomic E-state index is 0.0141. The van der Waals surface area contributed by atoms with Gasteiger partial charge in [0.05, 0.1) is 17.8 Å². The van der Waals surface area contributed by atoms with Gasteiger partial charge in [-0.05, 0) is 75.4 Å². The lowest BCUT2D eigenvalue weighted by atomic mass is 10.1. The highest BCUT2D eigenvalue weighted by Crippen LogP contribution is 2.30. The quantitative estimate of drug-likeness (QED) is 0.440. The summed E-state index contributed by atoms with van der Waals surface area (Å²) in [4.78, 5) is 16.5. The summed E-state index contributed by atoms with van der Waals surface area (Å²) >= 11 is 0. The molecule has 2 aromatic carbocycles. The molecule has 0 saturated heterocycles. The second-order valence-corrected chi connectivity index (χ2v) is 8.52. The molecular formula is C26H28N4O. The number of fused-ring (bicyclic) bond motifs is 3. The van der Waals surface area contributed by atoms with E-state index >= 15 is 0 Å². The molecule has 1 aliphatic rings. The van der Waals surface area contributed by atoms with Gasteiger partial charge in [0.15, 0.2) is 0 Å². The average molecular weight is 413 g/mol. The van der Waals surface area contributed by atoms with Crippen LogP contribution in [-0.2, 0) is 24.1 Å². The third kappa shape index (κ3) is 3.76. The molecule has 5 rings (SSSR count). The Balaban J connectivity index is 1.37. The molecule has 0 fully saturated rings. The molecule has 0 unspecified atom stereocenters. The molecule has 31 heavy (non-hydrogen) atoms. The zero-order valence-corrected chi connectivity index (χ0v) is 18.2. The number of rotatable bonds is 4. The minimum Gasteiger partial charge on any atom is -0.358 e. The zero-order valence-electron chi connectivity index (χ0n) is 18.2. The molecule has 0 aliphatic heterocycles. The van der Waals surface area contributed by atoms with Gasteiger partial charge in [-0.3, -0.25) is 4.79 Å². The fourth-order valence-electron chi connectivity index (χ4n) is 4.78. The third-order valence-corrected chi connectivity index (χ3v) is 6.41. The van der Waals surface area contributed by atoms with Gasteiger partial charge in [0, 0.05) is 33.5 Å². The predicted molar refractivity (Wildman–Crippen MR) is 125 cm³/mol. The fraction of sp³-hybridized carbons (Fsp3) is 0.308. The Kier molecular flexibility index (Phi) is 5.10. The van der Waals surface area contributed by atoms with Crippen molar-refractivity contribution >= 4 is 22.5 Å². The van der Waals surface area contributed by atoms with Crippen molar-refractivity contribution in [3.8, 4) is 5.69 Å². The van der Waals surface area contributed by atoms with Crippen LogP contribution in [0.25, 0.3) is 16.6 Å². The van der Waals surface area contributed by atoms with Gasteiger partial charge in [-0.2, -0.15) is 5.10 Å². The summed E-state index contributed by atoms with van der Waals surface area (Å²) in [6.45, 7) is 3.99. The number of H-pyrrole nitrogens is 1. The van der Waals surface area contributed by atoms with Crippen molar-refractivity contribution in [3.63, 3.8) is 0 Å². The van der Waals surface area contributed by atoms with Gasteiger partial charge in [0.2, 0.25) is 5.91 Å². The van der Waals surface area contributed by atoms with Crippen molar-refractivity contribution in [2.24, 2.45) is 0 Å². The van der Waals surface area contributed by atoms with E-state index < -0.39 is 0 Å². The monoisotopic (exact) mass is 412 g/mol. The first kappa shape index (κ1) is 19.6. The van der Waals surface area contributed by atoms with Gasteiger partial charge >= 0.3 is 0 Å². The number of hydrogen-bond donors (Lipinski definition) is 2. The van der Waals surface area contributed by atoms with Crippen LogP contribution in [0, 0.1) is 13.8 Å². The lowest BCUT2D eigenvalue weighted by Crippen LogP contribution is -2.15. The number of nitrogens with zero attached hydrogens (tertiary/aromatic N) is 2. The molecule has 158 valence electrons. The topological polar surface area (TPSA) is 62.7 Å². The van der Waals surface area contributed by atoms with Gasteiger partial charge < -0.3 is 10.3 Å². The molecule has 0 radical (unpaired) electrons. The predicted octanol–water partition coefficient (Wildman–Crippen LogP) is 5.42. The van der Waals surface area contributed by atoms with Crippen molar-refractivity contribution in [1.82, 2.24) is 14.8 Å². The molecule has 0 atom stereocenters. The van der Waals surface area contributed by atoms with Crippen LogP contribution in [0.3, 0.4) is 0 Å². The number of aromatic nitrogens is 3. The van der Waals surface area contributed by atoms with E-state index in [0.717, 1.165) is 41.2 Å². The van der Waals surface area contributed by atoms with Crippen molar-refractivity contribution in [2.75, 3.05) is 5.32 Å². The van der Waals surface area contributed by atoms with E-state index in [1.54, 1.807) is 0 Å². The van der Waals surface area contributed by atoms with E-state index in [2.05, 4.69) is 27.5 Å². The number of carbonyl (C=O) groups excluding carboxylic acids is 1. The molecule has 1 amide bonds. The Bertz CT molecular complexity index is 1250. The van der Waals surface area contributed by atoms with Gasteiger partial charge in [-0.25, -0.2) is 4.68 Å². The molecule has 0 bridgehead atoms. The van der Waals surface area contributed by atoms with Gasteiger partial charge in [0.25, 0.3) is 0 Å². The van der Waals surface area contributed by atoms with Crippen LogP contribution < -0.4 is 5.32 Å². The maximum atomic E-state index is 12.9. The number of aryl methyl sites for hydroxylation is 3. The molecular weight excluding hydrogens is 384 g/mol. The normalized spacial score (nSPS) is 13.7. The number of benzene rings is 2. The maximum Gasteiger partial charge on any atom is 0.228 e. The SMILES string of the molecule is Cc1nn(-c2ccccc2)c(C)c1CC(=O)Nc1ccc2[nH]c3c(c2c1)CCCCC3. The summed E-state index contributed by atoms with van der Waals surface area (Å²) in [7, 11) is 0. The Morgan fingerprint density at radius 3 is 2.71 bits per heavy atom. The van der Waals surface area contributed by atoms with Crippen molar-refractivity contribution in [2.45, 2.75) is 52.4 Å². The molecule has 2 heterocycles. The number of nitrogens with one attached hydrogen (secondary N) is 2. The molecule has 2 aromatic heterocycles. The van der Waals surface area contributed by atoms with Crippen LogP contribution in [0.5, 0.6) is 0 Å². The molecule has 5 heteroatoms. The summed E-state index contributed by atoms with van der Waals surface area (Å²) in [5, 5.41) is 9.02. The van der Waals surface area contributed by atoms with Crippen LogP contribution in [-0.4, -0.2) is 20.7 Å². The zero-order chi connectivity index (χ0) is 21.4. The van der Waals surface area contributed by atoms with Crippen LogP contribution in [0.4, 0.5) is 5.69 Å². The minimum atomic E-state index is -0.0141. The van der Waals surface area contributed by atoms with Crippen LogP contribution in [0.15, 0.2) is 48.5 Å². The number of aromatic amines is 1. The highest BCUT2D eigenvalue weighted by atomic mass is 16.1. The smallest absolute Gasteiger partial charge is 0.228 e. The first-order valence-corrected chi connectivity index (χ1v) is 11.1. The van der Waals surface area contributed by atoms with Crippen LogP contribution in [0.2, 0.25) is 0 Å². The Labute approximate surface area is 182 Å². The lowest BCUT2D eigenvalue weighted by molar-refractivity contribution is -0.115. The second-order valence-electron chi connectivity index (χ2n) is 8.52. The molecule has 0 saturated carbocycles. The van der Waals surface area contributed by atoms with Crippen LogP contribution >= 0.6 is 0 Å². The first-order valence-electron chi connectivity index (χ1n) is 11.1. The Hall–Kier alpha value is -3.34. The maximum absolute atomic E-state index is 12.9. The number of para-hydroxylation sites is 1. The summed E-state index contributed by atoms with van der Waals surface area (Å²) in [6.07, 6.45) is 6.32. The molecule has 2 N–H and O–H groups in total. The standard InChI is InChI=1S/C26H28N4O/c1-17-22(18(2)30(29-17)20-9-5-3-6-10-20)16-26(31)27-19-13-14-25-23(15-19)21-11-7-4-8-12-24(21)28-25/h3,5-6,9-10,13-15,28H,4,7-8,11-12,16H2,1-2H3,(H,27,31). The lowest BCUT2D eigenvalue weighted by Gasteiger charge is -2.08.